The highest BCUT2D eigenvalue weighted by atomic mass is 16.6. The molecule has 3 heterocycles. The zero-order valence-electron chi connectivity index (χ0n) is 17.3. The molecular formula is C20H36N4O3. The van der Waals surface area contributed by atoms with Crippen LogP contribution in [0, 0.1) is 5.92 Å². The third-order valence-electron chi connectivity index (χ3n) is 5.67. The fraction of sp³-hybridized carbons (Fsp3) is 0.900. The Bertz CT molecular complexity index is 546. The van der Waals surface area contributed by atoms with E-state index in [4.69, 9.17) is 9.47 Å². The highest BCUT2D eigenvalue weighted by molar-refractivity contribution is 5.80. The van der Waals surface area contributed by atoms with Crippen molar-refractivity contribution in [3.8, 4) is 0 Å². The van der Waals surface area contributed by atoms with Crippen LogP contribution in [0.2, 0.25) is 0 Å². The molecule has 3 fully saturated rings. The number of likely N-dealkylation sites (tertiary alicyclic amines) is 1. The molecule has 0 aromatic rings. The molecule has 4 atom stereocenters. The van der Waals surface area contributed by atoms with Gasteiger partial charge in [-0.1, -0.05) is 0 Å². The third-order valence-corrected chi connectivity index (χ3v) is 5.67. The summed E-state index contributed by atoms with van der Waals surface area (Å²) in [6.07, 6.45) is 7.25. The summed E-state index contributed by atoms with van der Waals surface area (Å²) < 4.78 is 11.4. The predicted octanol–water partition coefficient (Wildman–Crippen LogP) is 2.51. The Kier molecular flexibility index (Phi) is 6.50. The van der Waals surface area contributed by atoms with Gasteiger partial charge in [0, 0.05) is 26.7 Å². The van der Waals surface area contributed by atoms with Crippen LogP contribution in [0.5, 0.6) is 0 Å². The van der Waals surface area contributed by atoms with E-state index in [2.05, 4.69) is 15.6 Å². The van der Waals surface area contributed by atoms with Crippen LogP contribution >= 0.6 is 0 Å². The summed E-state index contributed by atoms with van der Waals surface area (Å²) in [6.45, 7) is 8.17. The maximum atomic E-state index is 12.3. The molecule has 0 saturated carbocycles. The summed E-state index contributed by atoms with van der Waals surface area (Å²) in [6, 6.07) is 0.382. The summed E-state index contributed by atoms with van der Waals surface area (Å²) in [4.78, 5) is 18.5. The van der Waals surface area contributed by atoms with Crippen molar-refractivity contribution in [1.82, 2.24) is 15.5 Å². The van der Waals surface area contributed by atoms with Crippen LogP contribution < -0.4 is 10.6 Å². The molecule has 27 heavy (non-hydrogen) atoms. The van der Waals surface area contributed by atoms with Crippen molar-refractivity contribution in [2.75, 3.05) is 26.7 Å². The first-order valence-electron chi connectivity index (χ1n) is 10.4. The maximum absolute atomic E-state index is 12.3. The predicted molar refractivity (Wildman–Crippen MR) is 106 cm³/mol. The van der Waals surface area contributed by atoms with Gasteiger partial charge in [0.1, 0.15) is 5.60 Å². The minimum atomic E-state index is -0.437. The lowest BCUT2D eigenvalue weighted by molar-refractivity contribution is 0.0162. The fourth-order valence-electron chi connectivity index (χ4n) is 4.35. The van der Waals surface area contributed by atoms with Gasteiger partial charge in [0.25, 0.3) is 0 Å². The number of ether oxygens (including phenoxy) is 2. The molecule has 3 aliphatic heterocycles. The number of carbonyl (C=O) groups excluding carboxylic acids is 1. The van der Waals surface area contributed by atoms with Crippen molar-refractivity contribution in [3.63, 3.8) is 0 Å². The number of aliphatic imine (C=N–C) groups is 1. The fourth-order valence-corrected chi connectivity index (χ4v) is 4.35. The van der Waals surface area contributed by atoms with Gasteiger partial charge in [-0.15, -0.1) is 0 Å². The number of carbonyl (C=O) groups is 1. The van der Waals surface area contributed by atoms with E-state index in [-0.39, 0.29) is 6.09 Å². The van der Waals surface area contributed by atoms with E-state index in [0.29, 0.717) is 24.2 Å². The average molecular weight is 381 g/mol. The largest absolute Gasteiger partial charge is 0.444 e. The van der Waals surface area contributed by atoms with E-state index in [1.807, 2.05) is 32.7 Å². The highest BCUT2D eigenvalue weighted by Crippen LogP contribution is 2.34. The molecule has 0 aromatic heterocycles. The molecule has 4 unspecified atom stereocenters. The van der Waals surface area contributed by atoms with E-state index in [9.17, 15) is 4.79 Å². The standard InChI is InChI=1S/C20H36N4O3/c1-20(2,3)27-19(25)24-11-5-6-14(13-24)9-10-22-18(21-4)23-16-12-15-7-8-17(16)26-15/h14-17H,5-13H2,1-4H3,(H2,21,22,23). The molecule has 0 aliphatic carbocycles. The molecule has 7 nitrogen and oxygen atoms in total. The lowest BCUT2D eigenvalue weighted by Gasteiger charge is -2.34. The molecule has 154 valence electrons. The Morgan fingerprint density at radius 2 is 2.11 bits per heavy atom. The van der Waals surface area contributed by atoms with Crippen molar-refractivity contribution < 1.29 is 14.3 Å². The van der Waals surface area contributed by atoms with Crippen LogP contribution in [0.3, 0.4) is 0 Å². The number of guanidine groups is 1. The first-order chi connectivity index (χ1) is 12.8. The molecule has 0 aromatic carbocycles. The molecule has 3 aliphatic rings. The van der Waals surface area contributed by atoms with Crippen LogP contribution in [-0.2, 0) is 9.47 Å². The van der Waals surface area contributed by atoms with Gasteiger partial charge in [-0.25, -0.2) is 4.79 Å². The van der Waals surface area contributed by atoms with Gasteiger partial charge in [0.05, 0.1) is 18.2 Å². The van der Waals surface area contributed by atoms with Gasteiger partial charge in [-0.2, -0.15) is 0 Å². The van der Waals surface area contributed by atoms with Crippen molar-refractivity contribution >= 4 is 12.1 Å². The lowest BCUT2D eigenvalue weighted by atomic mass is 9.95. The molecule has 1 amide bonds. The molecule has 2 N–H and O–H groups in total. The lowest BCUT2D eigenvalue weighted by Crippen LogP contribution is -2.48. The van der Waals surface area contributed by atoms with Crippen molar-refractivity contribution in [1.29, 1.82) is 0 Å². The molecule has 0 radical (unpaired) electrons. The van der Waals surface area contributed by atoms with Gasteiger partial charge in [0.2, 0.25) is 0 Å². The van der Waals surface area contributed by atoms with Crippen LogP contribution in [0.25, 0.3) is 0 Å². The van der Waals surface area contributed by atoms with Crippen LogP contribution in [0.15, 0.2) is 4.99 Å². The smallest absolute Gasteiger partial charge is 0.410 e. The number of piperidine rings is 1. The maximum Gasteiger partial charge on any atom is 0.410 e. The normalized spacial score (nSPS) is 31.1. The number of hydrogen-bond acceptors (Lipinski definition) is 4. The minimum absolute atomic E-state index is 0.186. The van der Waals surface area contributed by atoms with Crippen LogP contribution in [0.4, 0.5) is 4.79 Å². The summed E-state index contributed by atoms with van der Waals surface area (Å²) in [5.41, 5.74) is -0.437. The molecular weight excluding hydrogens is 344 g/mol. The summed E-state index contributed by atoms with van der Waals surface area (Å²) in [7, 11) is 1.81. The molecule has 3 rings (SSSR count). The number of fused-ring (bicyclic) bond motifs is 2. The van der Waals surface area contributed by atoms with Gasteiger partial charge in [-0.3, -0.25) is 4.99 Å². The van der Waals surface area contributed by atoms with Crippen molar-refractivity contribution in [3.05, 3.63) is 0 Å². The zero-order chi connectivity index (χ0) is 19.4. The molecule has 0 spiro atoms. The van der Waals surface area contributed by atoms with E-state index < -0.39 is 5.60 Å². The van der Waals surface area contributed by atoms with Crippen LogP contribution in [-0.4, -0.2) is 67.5 Å². The molecule has 2 bridgehead atoms. The number of nitrogens with zero attached hydrogens (tertiary/aromatic N) is 2. The van der Waals surface area contributed by atoms with Gasteiger partial charge < -0.3 is 25.0 Å². The number of nitrogens with one attached hydrogen (secondary N) is 2. The number of hydrogen-bond donors (Lipinski definition) is 2. The highest BCUT2D eigenvalue weighted by Gasteiger charge is 2.41. The summed E-state index contributed by atoms with van der Waals surface area (Å²) in [5, 5.41) is 6.95. The van der Waals surface area contributed by atoms with E-state index in [0.717, 1.165) is 57.7 Å². The van der Waals surface area contributed by atoms with Gasteiger partial charge >= 0.3 is 6.09 Å². The Morgan fingerprint density at radius 1 is 1.30 bits per heavy atom. The van der Waals surface area contributed by atoms with Crippen molar-refractivity contribution in [2.24, 2.45) is 10.9 Å². The Balaban J connectivity index is 1.38. The van der Waals surface area contributed by atoms with Gasteiger partial charge in [-0.05, 0) is 65.2 Å². The first kappa shape index (κ1) is 20.2. The van der Waals surface area contributed by atoms with E-state index >= 15 is 0 Å². The third kappa shape index (κ3) is 5.74. The average Bonchev–Trinajstić information content (AvgIpc) is 3.22. The molecule has 3 saturated heterocycles. The summed E-state index contributed by atoms with van der Waals surface area (Å²) in [5.74, 6) is 1.36. The second-order valence-corrected chi connectivity index (χ2v) is 9.08. The molecule has 7 heteroatoms. The number of amides is 1. The topological polar surface area (TPSA) is 75.2 Å². The summed E-state index contributed by atoms with van der Waals surface area (Å²) >= 11 is 0. The first-order valence-corrected chi connectivity index (χ1v) is 10.4. The second kappa shape index (κ2) is 8.67. The second-order valence-electron chi connectivity index (χ2n) is 9.08. The van der Waals surface area contributed by atoms with E-state index in [1.54, 1.807) is 0 Å². The monoisotopic (exact) mass is 380 g/mol. The van der Waals surface area contributed by atoms with Crippen molar-refractivity contribution in [2.45, 2.75) is 83.1 Å². The van der Waals surface area contributed by atoms with E-state index in [1.165, 1.54) is 6.42 Å². The number of rotatable bonds is 4. The Hall–Kier alpha value is -1.50. The van der Waals surface area contributed by atoms with Gasteiger partial charge in [0.15, 0.2) is 5.96 Å². The Morgan fingerprint density at radius 3 is 2.74 bits per heavy atom. The minimum Gasteiger partial charge on any atom is -0.444 e. The van der Waals surface area contributed by atoms with Crippen LogP contribution in [0.1, 0.15) is 59.3 Å². The quantitative estimate of drug-likeness (QED) is 0.579. The Labute approximate surface area is 163 Å². The zero-order valence-corrected chi connectivity index (χ0v) is 17.3. The SMILES string of the molecule is CN=C(NCCC1CCCN(C(=O)OC(C)(C)C)C1)NC1CC2CCC1O2.